The molecule has 2 aromatic rings. The van der Waals surface area contributed by atoms with E-state index in [-0.39, 0.29) is 22.6 Å². The highest BCUT2D eigenvalue weighted by Crippen LogP contribution is 2.52. The predicted molar refractivity (Wildman–Crippen MR) is 95.9 cm³/mol. The van der Waals surface area contributed by atoms with E-state index in [9.17, 15) is 10.1 Å². The molecule has 0 aromatic heterocycles. The molecule has 4 rings (SSSR count). The third-order valence-corrected chi connectivity index (χ3v) is 5.31. The Kier molecular flexibility index (Phi) is 3.74. The molecule has 0 spiro atoms. The van der Waals surface area contributed by atoms with Gasteiger partial charge in [0.25, 0.3) is 5.69 Å². The second-order valence-electron chi connectivity index (χ2n) is 6.17. The molecule has 0 bridgehead atoms. The zero-order valence-corrected chi connectivity index (χ0v) is 14.1. The van der Waals surface area contributed by atoms with Crippen molar-refractivity contribution < 1.29 is 4.92 Å². The first kappa shape index (κ1) is 15.5. The van der Waals surface area contributed by atoms with Gasteiger partial charge in [-0.25, -0.2) is 0 Å². The minimum Gasteiger partial charge on any atom is -0.372 e. The van der Waals surface area contributed by atoms with Crippen LogP contribution in [-0.2, 0) is 0 Å². The average molecular weight is 361 g/mol. The standard InChI is InChI=1S/C18H14Cl2N2O2/c19-11-6-4-10(5-7-11)17-14-3-1-2-13(14)15-8-12(20)9-16(22(23)24)18(15)21-17/h1-2,4-9,13-14,17,21H,3H2/t13-,14+,17-/m1/s1. The number of fused-ring (bicyclic) bond motifs is 3. The van der Waals surface area contributed by atoms with Gasteiger partial charge < -0.3 is 5.32 Å². The van der Waals surface area contributed by atoms with E-state index >= 15 is 0 Å². The Morgan fingerprint density at radius 3 is 2.58 bits per heavy atom. The van der Waals surface area contributed by atoms with Crippen LogP contribution < -0.4 is 5.32 Å². The summed E-state index contributed by atoms with van der Waals surface area (Å²) in [6, 6.07) is 10.9. The number of nitrogens with one attached hydrogen (secondary N) is 1. The summed E-state index contributed by atoms with van der Waals surface area (Å²) in [5.74, 6) is 0.427. The van der Waals surface area contributed by atoms with Crippen molar-refractivity contribution in [2.75, 3.05) is 5.32 Å². The Hall–Kier alpha value is -2.04. The summed E-state index contributed by atoms with van der Waals surface area (Å²) in [5.41, 5.74) is 2.57. The van der Waals surface area contributed by atoms with Crippen molar-refractivity contribution in [2.45, 2.75) is 18.4 Å². The smallest absolute Gasteiger partial charge is 0.294 e. The lowest BCUT2D eigenvalue weighted by Gasteiger charge is -2.37. The lowest BCUT2D eigenvalue weighted by atomic mass is 9.77. The molecule has 1 N–H and O–H groups in total. The first-order chi connectivity index (χ1) is 11.5. The summed E-state index contributed by atoms with van der Waals surface area (Å²) in [6.07, 6.45) is 5.19. The minimum atomic E-state index is -0.379. The molecule has 0 amide bonds. The SMILES string of the molecule is O=[N+]([O-])c1cc(Cl)cc2c1N[C@H](c1ccc(Cl)cc1)[C@H]1CC=C[C@@H]21. The normalized spacial score (nSPS) is 24.2. The zero-order chi connectivity index (χ0) is 16.8. The van der Waals surface area contributed by atoms with Gasteiger partial charge in [-0.05, 0) is 41.7 Å². The zero-order valence-electron chi connectivity index (χ0n) is 12.6. The second-order valence-corrected chi connectivity index (χ2v) is 7.05. The highest BCUT2D eigenvalue weighted by molar-refractivity contribution is 6.31. The Labute approximate surface area is 149 Å². The molecule has 0 saturated carbocycles. The third kappa shape index (κ3) is 2.46. The molecule has 6 heteroatoms. The number of nitrogens with zero attached hydrogens (tertiary/aromatic N) is 1. The topological polar surface area (TPSA) is 55.2 Å². The molecule has 0 unspecified atom stereocenters. The molecule has 1 aliphatic heterocycles. The van der Waals surface area contributed by atoms with Crippen LogP contribution >= 0.6 is 23.2 Å². The molecule has 1 heterocycles. The second kappa shape index (κ2) is 5.80. The third-order valence-electron chi connectivity index (χ3n) is 4.84. The lowest BCUT2D eigenvalue weighted by Crippen LogP contribution is -2.29. The number of hydrogen-bond acceptors (Lipinski definition) is 3. The number of allylic oxidation sites excluding steroid dienone is 2. The van der Waals surface area contributed by atoms with Gasteiger partial charge in [0.1, 0.15) is 5.69 Å². The molecule has 122 valence electrons. The van der Waals surface area contributed by atoms with Crippen molar-refractivity contribution in [1.29, 1.82) is 0 Å². The van der Waals surface area contributed by atoms with Gasteiger partial charge in [-0.1, -0.05) is 47.5 Å². The lowest BCUT2D eigenvalue weighted by molar-refractivity contribution is -0.384. The summed E-state index contributed by atoms with van der Waals surface area (Å²) in [5, 5.41) is 15.9. The number of nitro groups is 1. The van der Waals surface area contributed by atoms with Crippen LogP contribution in [0.3, 0.4) is 0 Å². The van der Waals surface area contributed by atoms with Gasteiger partial charge in [0.15, 0.2) is 0 Å². The van der Waals surface area contributed by atoms with E-state index in [1.807, 2.05) is 30.3 Å². The molecule has 3 atom stereocenters. The monoisotopic (exact) mass is 360 g/mol. The molecule has 2 aromatic carbocycles. The van der Waals surface area contributed by atoms with Crippen LogP contribution in [0.15, 0.2) is 48.6 Å². The predicted octanol–water partition coefficient (Wildman–Crippen LogP) is 5.73. The number of hydrogen-bond donors (Lipinski definition) is 1. The molecule has 1 aliphatic carbocycles. The maximum absolute atomic E-state index is 11.5. The maximum Gasteiger partial charge on any atom is 0.294 e. The average Bonchev–Trinajstić information content (AvgIpc) is 3.04. The van der Waals surface area contributed by atoms with Crippen LogP contribution in [0.2, 0.25) is 10.0 Å². The van der Waals surface area contributed by atoms with Gasteiger partial charge in [0.05, 0.1) is 11.0 Å². The van der Waals surface area contributed by atoms with E-state index in [0.717, 1.165) is 17.5 Å². The first-order valence-electron chi connectivity index (χ1n) is 7.71. The molecule has 0 saturated heterocycles. The molecule has 24 heavy (non-hydrogen) atoms. The number of rotatable bonds is 2. The van der Waals surface area contributed by atoms with Crippen molar-refractivity contribution >= 4 is 34.6 Å². The fourth-order valence-electron chi connectivity index (χ4n) is 3.79. The van der Waals surface area contributed by atoms with Crippen molar-refractivity contribution in [3.05, 3.63) is 79.8 Å². The Morgan fingerprint density at radius 1 is 1.12 bits per heavy atom. The molecule has 0 fully saturated rings. The van der Waals surface area contributed by atoms with Crippen LogP contribution in [0.5, 0.6) is 0 Å². The summed E-state index contributed by atoms with van der Waals surface area (Å²) < 4.78 is 0. The molecule has 2 aliphatic rings. The van der Waals surface area contributed by atoms with E-state index in [4.69, 9.17) is 23.2 Å². The largest absolute Gasteiger partial charge is 0.372 e. The van der Waals surface area contributed by atoms with Crippen LogP contribution in [-0.4, -0.2) is 4.92 Å². The quantitative estimate of drug-likeness (QED) is 0.422. The van der Waals surface area contributed by atoms with Gasteiger partial charge >= 0.3 is 0 Å². The van der Waals surface area contributed by atoms with Gasteiger partial charge in [-0.15, -0.1) is 0 Å². The number of benzene rings is 2. The van der Waals surface area contributed by atoms with Crippen molar-refractivity contribution in [3.8, 4) is 0 Å². The fraction of sp³-hybridized carbons (Fsp3) is 0.222. The van der Waals surface area contributed by atoms with Crippen LogP contribution in [0.25, 0.3) is 0 Å². The summed E-state index contributed by atoms with van der Waals surface area (Å²) in [7, 11) is 0. The highest BCUT2D eigenvalue weighted by atomic mass is 35.5. The van der Waals surface area contributed by atoms with Gasteiger partial charge in [0, 0.05) is 22.0 Å². The van der Waals surface area contributed by atoms with Crippen LogP contribution in [0.4, 0.5) is 11.4 Å². The molecular weight excluding hydrogens is 347 g/mol. The van der Waals surface area contributed by atoms with E-state index < -0.39 is 0 Å². The number of halogens is 2. The van der Waals surface area contributed by atoms with Gasteiger partial charge in [-0.2, -0.15) is 0 Å². The summed E-state index contributed by atoms with van der Waals surface area (Å²) in [4.78, 5) is 11.1. The van der Waals surface area contributed by atoms with E-state index in [0.29, 0.717) is 21.7 Å². The van der Waals surface area contributed by atoms with E-state index in [2.05, 4.69) is 17.5 Å². The molecule has 0 radical (unpaired) electrons. The Balaban J connectivity index is 1.86. The highest BCUT2D eigenvalue weighted by Gasteiger charge is 2.40. The maximum atomic E-state index is 11.5. The first-order valence-corrected chi connectivity index (χ1v) is 8.46. The van der Waals surface area contributed by atoms with Crippen molar-refractivity contribution in [3.63, 3.8) is 0 Å². The summed E-state index contributed by atoms with van der Waals surface area (Å²) >= 11 is 12.1. The van der Waals surface area contributed by atoms with E-state index in [1.54, 1.807) is 0 Å². The van der Waals surface area contributed by atoms with Crippen LogP contribution in [0, 0.1) is 16.0 Å². The number of anilines is 1. The van der Waals surface area contributed by atoms with Gasteiger partial charge in [-0.3, -0.25) is 10.1 Å². The molecule has 4 nitrogen and oxygen atoms in total. The van der Waals surface area contributed by atoms with Crippen LogP contribution in [0.1, 0.15) is 29.5 Å². The van der Waals surface area contributed by atoms with E-state index in [1.165, 1.54) is 6.07 Å². The molecular formula is C18H14Cl2N2O2. The number of nitro benzene ring substituents is 1. The minimum absolute atomic E-state index is 0.00496. The van der Waals surface area contributed by atoms with Gasteiger partial charge in [0.2, 0.25) is 0 Å². The fourth-order valence-corrected chi connectivity index (χ4v) is 4.14. The van der Waals surface area contributed by atoms with Crippen molar-refractivity contribution in [2.24, 2.45) is 5.92 Å². The Bertz CT molecular complexity index is 849. The summed E-state index contributed by atoms with van der Waals surface area (Å²) in [6.45, 7) is 0. The van der Waals surface area contributed by atoms with Crippen molar-refractivity contribution in [1.82, 2.24) is 0 Å². The Morgan fingerprint density at radius 2 is 1.88 bits per heavy atom.